The fourth-order valence-corrected chi connectivity index (χ4v) is 4.24. The van der Waals surface area contributed by atoms with Crippen LogP contribution in [0.15, 0.2) is 18.2 Å². The van der Waals surface area contributed by atoms with Crippen LogP contribution in [0.4, 0.5) is 4.79 Å². The van der Waals surface area contributed by atoms with E-state index >= 15 is 0 Å². The molecule has 0 spiro atoms. The maximum Gasteiger partial charge on any atom is 0.317 e. The second-order valence-corrected chi connectivity index (χ2v) is 7.42. The first-order valence-electron chi connectivity index (χ1n) is 9.56. The Morgan fingerprint density at radius 1 is 1.37 bits per heavy atom. The minimum atomic E-state index is -0.771. The Morgan fingerprint density at radius 3 is 2.85 bits per heavy atom. The van der Waals surface area contributed by atoms with Crippen molar-refractivity contribution in [2.75, 3.05) is 26.8 Å². The number of carboxylic acid groups (broad SMARTS) is 1. The summed E-state index contributed by atoms with van der Waals surface area (Å²) in [5.41, 5.74) is 0.148. The number of nitrogens with one attached hydrogen (secondary N) is 1. The van der Waals surface area contributed by atoms with Gasteiger partial charge in [0.1, 0.15) is 0 Å². The van der Waals surface area contributed by atoms with Gasteiger partial charge >= 0.3 is 12.0 Å². The number of fused-ring (bicyclic) bond motifs is 1. The summed E-state index contributed by atoms with van der Waals surface area (Å²) < 4.78 is 11.0. The monoisotopic (exact) mass is 376 g/mol. The van der Waals surface area contributed by atoms with Gasteiger partial charge in [-0.25, -0.2) is 4.79 Å². The summed E-state index contributed by atoms with van der Waals surface area (Å²) in [6.45, 7) is 3.83. The summed E-state index contributed by atoms with van der Waals surface area (Å²) in [6, 6.07) is 5.37. The fraction of sp³-hybridized carbons (Fsp3) is 0.600. The average Bonchev–Trinajstić information content (AvgIpc) is 3.23. The Morgan fingerprint density at radius 2 is 2.19 bits per heavy atom. The molecule has 0 bridgehead atoms. The number of hydrogen-bond acceptors (Lipinski definition) is 4. The van der Waals surface area contributed by atoms with Crippen LogP contribution < -0.4 is 14.8 Å². The van der Waals surface area contributed by atoms with Gasteiger partial charge < -0.3 is 24.8 Å². The number of likely N-dealkylation sites (tertiary alicyclic amines) is 1. The lowest BCUT2D eigenvalue weighted by Gasteiger charge is -2.23. The van der Waals surface area contributed by atoms with E-state index in [1.165, 1.54) is 0 Å². The molecule has 2 fully saturated rings. The van der Waals surface area contributed by atoms with Gasteiger partial charge in [0.25, 0.3) is 0 Å². The van der Waals surface area contributed by atoms with Crippen LogP contribution in [0.1, 0.15) is 38.2 Å². The van der Waals surface area contributed by atoms with Gasteiger partial charge in [-0.15, -0.1) is 0 Å². The first-order chi connectivity index (χ1) is 13.0. The van der Waals surface area contributed by atoms with Crippen molar-refractivity contribution in [2.24, 2.45) is 11.3 Å². The van der Waals surface area contributed by atoms with Gasteiger partial charge in [-0.2, -0.15) is 0 Å². The van der Waals surface area contributed by atoms with Crippen molar-refractivity contribution in [1.82, 2.24) is 10.2 Å². The van der Waals surface area contributed by atoms with Gasteiger partial charge in [0.2, 0.25) is 0 Å². The third-order valence-electron chi connectivity index (χ3n) is 5.72. The van der Waals surface area contributed by atoms with Gasteiger partial charge in [0.15, 0.2) is 11.5 Å². The van der Waals surface area contributed by atoms with Crippen molar-refractivity contribution in [3.8, 4) is 11.5 Å². The van der Waals surface area contributed by atoms with E-state index in [9.17, 15) is 14.7 Å². The molecule has 148 valence electrons. The van der Waals surface area contributed by atoms with Crippen LogP contribution in [0.3, 0.4) is 0 Å². The Kier molecular flexibility index (Phi) is 5.77. The number of methoxy groups -OCH3 is 1. The lowest BCUT2D eigenvalue weighted by molar-refractivity contribution is -0.149. The first kappa shape index (κ1) is 19.3. The molecule has 27 heavy (non-hydrogen) atoms. The molecule has 1 saturated heterocycles. The zero-order valence-corrected chi connectivity index (χ0v) is 16.0. The van der Waals surface area contributed by atoms with E-state index in [0.717, 1.165) is 24.8 Å². The van der Waals surface area contributed by atoms with Crippen molar-refractivity contribution in [3.63, 3.8) is 0 Å². The lowest BCUT2D eigenvalue weighted by Crippen LogP contribution is -2.41. The second kappa shape index (κ2) is 8.06. The molecular formula is C20H28N2O5. The van der Waals surface area contributed by atoms with Gasteiger partial charge in [0, 0.05) is 19.6 Å². The minimum absolute atomic E-state index is 0.0656. The Balaban J connectivity index is 1.59. The smallest absolute Gasteiger partial charge is 0.317 e. The van der Waals surface area contributed by atoms with Crippen LogP contribution in [-0.4, -0.2) is 48.8 Å². The number of rotatable bonds is 7. The van der Waals surface area contributed by atoms with Crippen LogP contribution in [0.5, 0.6) is 11.5 Å². The standard InChI is InChI=1S/C20H28N2O5/c1-3-9-27-16-7-6-14(10-17(16)26-2)11-21-19(25)22-12-15-5-4-8-20(15,13-22)18(23)24/h6-7,10,15H,3-5,8-9,11-13H2,1-2H3,(H,21,25)(H,23,24)/t15-,20+/m0/s1. The number of carboxylic acids is 1. The van der Waals surface area contributed by atoms with E-state index in [4.69, 9.17) is 9.47 Å². The quantitative estimate of drug-likeness (QED) is 0.764. The molecule has 1 aliphatic carbocycles. The molecule has 1 aliphatic heterocycles. The first-order valence-corrected chi connectivity index (χ1v) is 9.56. The van der Waals surface area contributed by atoms with E-state index in [0.29, 0.717) is 44.2 Å². The van der Waals surface area contributed by atoms with Crippen LogP contribution in [0, 0.1) is 11.3 Å². The highest BCUT2D eigenvalue weighted by atomic mass is 16.5. The molecule has 0 unspecified atom stereocenters. The molecule has 1 heterocycles. The maximum atomic E-state index is 12.5. The van der Waals surface area contributed by atoms with Gasteiger partial charge in [0.05, 0.1) is 19.1 Å². The van der Waals surface area contributed by atoms with E-state index < -0.39 is 11.4 Å². The highest BCUT2D eigenvalue weighted by Crippen LogP contribution is 2.48. The van der Waals surface area contributed by atoms with Crippen molar-refractivity contribution < 1.29 is 24.2 Å². The zero-order valence-electron chi connectivity index (χ0n) is 16.0. The number of nitrogens with zero attached hydrogens (tertiary/aromatic N) is 1. The predicted molar refractivity (Wildman–Crippen MR) is 100.0 cm³/mol. The molecule has 2 amide bonds. The largest absolute Gasteiger partial charge is 0.493 e. The molecule has 3 rings (SSSR count). The van der Waals surface area contributed by atoms with Crippen LogP contribution in [-0.2, 0) is 11.3 Å². The number of carbonyl (C=O) groups excluding carboxylic acids is 1. The summed E-state index contributed by atoms with van der Waals surface area (Å²) >= 11 is 0. The molecule has 1 aromatic carbocycles. The van der Waals surface area contributed by atoms with E-state index in [-0.39, 0.29) is 11.9 Å². The third kappa shape index (κ3) is 3.82. The normalized spacial score (nSPS) is 23.8. The maximum absolute atomic E-state index is 12.5. The van der Waals surface area contributed by atoms with Gasteiger partial charge in [-0.3, -0.25) is 4.79 Å². The van der Waals surface area contributed by atoms with Gasteiger partial charge in [-0.05, 0) is 42.9 Å². The highest BCUT2D eigenvalue weighted by molar-refractivity contribution is 5.80. The molecule has 2 aliphatic rings. The van der Waals surface area contributed by atoms with Crippen LogP contribution in [0.2, 0.25) is 0 Å². The molecule has 2 N–H and O–H groups in total. The number of carbonyl (C=O) groups is 2. The summed E-state index contributed by atoms with van der Waals surface area (Å²) in [4.78, 5) is 25.9. The zero-order chi connectivity index (χ0) is 19.4. The Labute approximate surface area is 159 Å². The molecule has 7 nitrogen and oxygen atoms in total. The molecule has 0 aromatic heterocycles. The summed E-state index contributed by atoms with van der Waals surface area (Å²) in [6.07, 6.45) is 3.38. The average molecular weight is 376 g/mol. The molecule has 0 radical (unpaired) electrons. The SMILES string of the molecule is CCCOc1ccc(CNC(=O)N2C[C@@H]3CCC[C@@]3(C(=O)O)C2)cc1OC. The predicted octanol–water partition coefficient (Wildman–Crippen LogP) is 2.88. The topological polar surface area (TPSA) is 88.1 Å². The van der Waals surface area contributed by atoms with Crippen LogP contribution >= 0.6 is 0 Å². The fourth-order valence-electron chi connectivity index (χ4n) is 4.24. The van der Waals surface area contributed by atoms with Crippen molar-refractivity contribution in [3.05, 3.63) is 23.8 Å². The number of urea groups is 1. The summed E-state index contributed by atoms with van der Waals surface area (Å²) in [5.74, 6) is 0.615. The number of ether oxygens (including phenoxy) is 2. The second-order valence-electron chi connectivity index (χ2n) is 7.42. The summed E-state index contributed by atoms with van der Waals surface area (Å²) in [5, 5.41) is 12.5. The highest BCUT2D eigenvalue weighted by Gasteiger charge is 2.55. The van der Waals surface area contributed by atoms with Crippen molar-refractivity contribution in [1.29, 1.82) is 0 Å². The lowest BCUT2D eigenvalue weighted by atomic mass is 9.81. The van der Waals surface area contributed by atoms with E-state index in [2.05, 4.69) is 5.32 Å². The molecular weight excluding hydrogens is 348 g/mol. The number of amides is 2. The Hall–Kier alpha value is -2.44. The molecule has 2 atom stereocenters. The van der Waals surface area contributed by atoms with Gasteiger partial charge in [-0.1, -0.05) is 19.4 Å². The third-order valence-corrected chi connectivity index (χ3v) is 5.72. The van der Waals surface area contributed by atoms with E-state index in [1.807, 2.05) is 25.1 Å². The summed E-state index contributed by atoms with van der Waals surface area (Å²) in [7, 11) is 1.59. The van der Waals surface area contributed by atoms with Crippen molar-refractivity contribution >= 4 is 12.0 Å². The van der Waals surface area contributed by atoms with Crippen molar-refractivity contribution in [2.45, 2.75) is 39.2 Å². The van der Waals surface area contributed by atoms with Crippen LogP contribution in [0.25, 0.3) is 0 Å². The molecule has 1 aromatic rings. The molecule has 1 saturated carbocycles. The molecule has 7 heteroatoms. The number of hydrogen-bond donors (Lipinski definition) is 2. The van der Waals surface area contributed by atoms with E-state index in [1.54, 1.807) is 12.0 Å². The minimum Gasteiger partial charge on any atom is -0.493 e. The number of aliphatic carboxylic acids is 1. The number of benzene rings is 1. The Bertz CT molecular complexity index is 708.